The number of carbonyl (C=O) groups excluding carboxylic acids is 1. The Morgan fingerprint density at radius 2 is 1.26 bits per heavy atom. The summed E-state index contributed by atoms with van der Waals surface area (Å²) >= 11 is 0. The molecule has 0 fully saturated rings. The zero-order valence-electron chi connectivity index (χ0n) is 14.5. The lowest BCUT2D eigenvalue weighted by Gasteiger charge is -2.35. The van der Waals surface area contributed by atoms with Gasteiger partial charge in [-0.2, -0.15) is 48.3 Å². The monoisotopic (exact) mass is 478 g/mol. The summed E-state index contributed by atoms with van der Waals surface area (Å²) in [6.07, 6.45) is -23.5. The fourth-order valence-corrected chi connectivity index (χ4v) is 1.87. The van der Waals surface area contributed by atoms with Gasteiger partial charge in [-0.1, -0.05) is 12.1 Å². The zero-order valence-corrected chi connectivity index (χ0v) is 14.5. The lowest BCUT2D eigenvalue weighted by atomic mass is 10.1. The van der Waals surface area contributed by atoms with Gasteiger partial charge in [0.15, 0.2) is 0 Å². The first-order valence-corrected chi connectivity index (χ1v) is 7.54. The van der Waals surface area contributed by atoms with Gasteiger partial charge in [0.05, 0.1) is 24.2 Å². The molecule has 0 aliphatic heterocycles. The van der Waals surface area contributed by atoms with Gasteiger partial charge in [-0.25, -0.2) is 9.59 Å². The number of halogens is 11. The largest absolute Gasteiger partial charge is 0.478 e. The molecule has 1 N–H and O–H groups in total. The van der Waals surface area contributed by atoms with Gasteiger partial charge in [-0.05, 0) is 12.1 Å². The number of hydrogen-bond acceptors (Lipinski definition) is 4. The normalized spacial score (nSPS) is 13.8. The van der Waals surface area contributed by atoms with E-state index in [-0.39, 0.29) is 0 Å². The van der Waals surface area contributed by atoms with E-state index in [1.807, 2.05) is 4.74 Å². The molecular formula is C15H9F11O5. The lowest BCUT2D eigenvalue weighted by Crippen LogP contribution is -2.61. The molecule has 0 heterocycles. The Labute approximate surface area is 164 Å². The first-order chi connectivity index (χ1) is 13.8. The number of ether oxygens (including phenoxy) is 2. The number of aromatic carboxylic acids is 1. The van der Waals surface area contributed by atoms with Gasteiger partial charge in [0, 0.05) is 0 Å². The van der Waals surface area contributed by atoms with Crippen molar-refractivity contribution in [3.63, 3.8) is 0 Å². The molecule has 0 spiro atoms. The summed E-state index contributed by atoms with van der Waals surface area (Å²) in [5.74, 6) is -16.3. The molecule has 1 aromatic rings. The second kappa shape index (κ2) is 8.47. The number of carboxylic acids is 1. The van der Waals surface area contributed by atoms with Gasteiger partial charge in [0.1, 0.15) is 0 Å². The summed E-state index contributed by atoms with van der Waals surface area (Å²) in [6.45, 7) is -1.74. The van der Waals surface area contributed by atoms with Gasteiger partial charge < -0.3 is 9.84 Å². The van der Waals surface area contributed by atoms with Crippen molar-refractivity contribution in [2.75, 3.05) is 6.61 Å². The van der Waals surface area contributed by atoms with Crippen LogP contribution in [-0.2, 0) is 9.47 Å². The van der Waals surface area contributed by atoms with Crippen molar-refractivity contribution < 1.29 is 72.5 Å². The van der Waals surface area contributed by atoms with Crippen LogP contribution in [0.3, 0.4) is 0 Å². The number of hydrogen-bond donors (Lipinski definition) is 1. The summed E-state index contributed by atoms with van der Waals surface area (Å²) < 4.78 is 146. The highest BCUT2D eigenvalue weighted by Crippen LogP contribution is 2.52. The SMILES string of the molecule is O=C(O)c1ccccc1C(=O)OCCC(F)(F)C(F)(F)OC(F)(C(F)(F)F)C(F)(F)F. The van der Waals surface area contributed by atoms with Crippen molar-refractivity contribution in [3.8, 4) is 0 Å². The van der Waals surface area contributed by atoms with Gasteiger partial charge in [-0.3, -0.25) is 4.74 Å². The molecule has 16 heteroatoms. The van der Waals surface area contributed by atoms with Crippen LogP contribution in [0.25, 0.3) is 0 Å². The fourth-order valence-electron chi connectivity index (χ4n) is 1.87. The van der Waals surface area contributed by atoms with Crippen LogP contribution in [0, 0.1) is 0 Å². The van der Waals surface area contributed by atoms with Crippen LogP contribution in [0.5, 0.6) is 0 Å². The molecule has 0 amide bonds. The Morgan fingerprint density at radius 3 is 1.68 bits per heavy atom. The Balaban J connectivity index is 2.96. The highest BCUT2D eigenvalue weighted by molar-refractivity contribution is 6.02. The van der Waals surface area contributed by atoms with E-state index in [1.165, 1.54) is 0 Å². The molecule has 0 bridgehead atoms. The Bertz CT molecular complexity index is 802. The summed E-state index contributed by atoms with van der Waals surface area (Å²) in [5, 5.41) is 8.85. The van der Waals surface area contributed by atoms with Gasteiger partial charge in [0.25, 0.3) is 0 Å². The van der Waals surface area contributed by atoms with E-state index in [2.05, 4.69) is 4.74 Å². The van der Waals surface area contributed by atoms with Crippen LogP contribution < -0.4 is 0 Å². The number of alkyl halides is 11. The van der Waals surface area contributed by atoms with Crippen molar-refractivity contribution in [3.05, 3.63) is 35.4 Å². The molecule has 176 valence electrons. The van der Waals surface area contributed by atoms with Crippen LogP contribution in [-0.4, -0.2) is 53.9 Å². The third-order valence-electron chi connectivity index (χ3n) is 3.45. The van der Waals surface area contributed by atoms with E-state index >= 15 is 0 Å². The highest BCUT2D eigenvalue weighted by atomic mass is 19.4. The summed E-state index contributed by atoms with van der Waals surface area (Å²) in [4.78, 5) is 22.6. The third kappa shape index (κ3) is 5.54. The van der Waals surface area contributed by atoms with E-state index in [9.17, 15) is 57.9 Å². The van der Waals surface area contributed by atoms with E-state index in [1.54, 1.807) is 0 Å². The molecule has 31 heavy (non-hydrogen) atoms. The predicted molar refractivity (Wildman–Crippen MR) is 75.2 cm³/mol. The second-order valence-electron chi connectivity index (χ2n) is 5.65. The predicted octanol–water partition coefficient (Wildman–Crippen LogP) is 4.97. The van der Waals surface area contributed by atoms with Gasteiger partial charge in [-0.15, -0.1) is 0 Å². The minimum Gasteiger partial charge on any atom is -0.478 e. The van der Waals surface area contributed by atoms with E-state index in [4.69, 9.17) is 5.11 Å². The summed E-state index contributed by atoms with van der Waals surface area (Å²) in [5.41, 5.74) is -1.41. The molecule has 1 rings (SSSR count). The van der Waals surface area contributed by atoms with Crippen LogP contribution in [0.15, 0.2) is 24.3 Å². The quantitative estimate of drug-likeness (QED) is 0.422. The van der Waals surface area contributed by atoms with Crippen molar-refractivity contribution in [2.24, 2.45) is 0 Å². The van der Waals surface area contributed by atoms with Crippen molar-refractivity contribution in [2.45, 2.75) is 36.7 Å². The van der Waals surface area contributed by atoms with E-state index < -0.39 is 66.3 Å². The molecular weight excluding hydrogens is 469 g/mol. The molecule has 0 aromatic heterocycles. The first kappa shape index (κ1) is 26.4. The van der Waals surface area contributed by atoms with Gasteiger partial charge >= 0.3 is 42.2 Å². The first-order valence-electron chi connectivity index (χ1n) is 7.54. The Hall–Kier alpha value is -2.65. The van der Waals surface area contributed by atoms with Crippen LogP contribution in [0.4, 0.5) is 48.3 Å². The molecule has 0 radical (unpaired) electrons. The van der Waals surface area contributed by atoms with Crippen molar-refractivity contribution >= 4 is 11.9 Å². The highest BCUT2D eigenvalue weighted by Gasteiger charge is 2.79. The number of esters is 1. The zero-order chi connectivity index (χ0) is 24.5. The average molecular weight is 478 g/mol. The average Bonchev–Trinajstić information content (AvgIpc) is 2.58. The van der Waals surface area contributed by atoms with E-state index in [0.717, 1.165) is 24.3 Å². The molecule has 0 saturated heterocycles. The van der Waals surface area contributed by atoms with E-state index in [0.29, 0.717) is 0 Å². The smallest absolute Gasteiger partial charge is 0.458 e. The van der Waals surface area contributed by atoms with Crippen LogP contribution in [0.1, 0.15) is 27.1 Å². The standard InChI is InChI=1S/C15H9F11O5/c16-11(17,15(25,26)31-12(18,13(19,20)21)14(22,23)24)5-6-30-10(29)8-4-2-1-3-7(8)9(27)28/h1-4H,5-6H2,(H,27,28). The van der Waals surface area contributed by atoms with Crippen molar-refractivity contribution in [1.82, 2.24) is 0 Å². The molecule has 0 atom stereocenters. The van der Waals surface area contributed by atoms with Crippen LogP contribution in [0.2, 0.25) is 0 Å². The molecule has 5 nitrogen and oxygen atoms in total. The molecule has 1 aromatic carbocycles. The summed E-state index contributed by atoms with van der Waals surface area (Å²) in [6, 6.07) is 3.97. The molecule has 0 aliphatic rings. The Kier molecular flexibility index (Phi) is 7.21. The number of carbonyl (C=O) groups is 2. The fraction of sp³-hybridized carbons (Fsp3) is 0.467. The molecule has 0 aliphatic carbocycles. The maximum Gasteiger partial charge on any atom is 0.458 e. The molecule has 0 saturated carbocycles. The number of carboxylic acid groups (broad SMARTS) is 1. The Morgan fingerprint density at radius 1 is 0.806 bits per heavy atom. The third-order valence-corrected chi connectivity index (χ3v) is 3.45. The lowest BCUT2D eigenvalue weighted by molar-refractivity contribution is -0.503. The van der Waals surface area contributed by atoms with Crippen molar-refractivity contribution in [1.29, 1.82) is 0 Å². The van der Waals surface area contributed by atoms with Crippen LogP contribution >= 0.6 is 0 Å². The van der Waals surface area contributed by atoms with Gasteiger partial charge in [0.2, 0.25) is 0 Å². The maximum absolute atomic E-state index is 13.5. The number of benzene rings is 1. The minimum absolute atomic E-state index is 0.689. The minimum atomic E-state index is -7.20. The maximum atomic E-state index is 13.5. The number of rotatable bonds is 8. The summed E-state index contributed by atoms with van der Waals surface area (Å²) in [7, 11) is 0. The topological polar surface area (TPSA) is 72.8 Å². The molecule has 0 unspecified atom stereocenters. The second-order valence-corrected chi connectivity index (χ2v) is 5.65.